The average Bonchev–Trinajstić information content (AvgIpc) is 2.57. The number of nitrogens with one attached hydrogen (secondary N) is 1. The van der Waals surface area contributed by atoms with Crippen LogP contribution in [0.15, 0.2) is 24.5 Å². The lowest BCUT2D eigenvalue weighted by Gasteiger charge is -2.34. The summed E-state index contributed by atoms with van der Waals surface area (Å²) in [6, 6.07) is 4.68. The quantitative estimate of drug-likeness (QED) is 0.886. The average molecular weight is 316 g/mol. The Labute approximate surface area is 138 Å². The van der Waals surface area contributed by atoms with Gasteiger partial charge in [-0.05, 0) is 49.8 Å². The molecule has 5 heteroatoms. The summed E-state index contributed by atoms with van der Waals surface area (Å²) in [6.45, 7) is 3.05. The van der Waals surface area contributed by atoms with Gasteiger partial charge in [0, 0.05) is 50.0 Å². The van der Waals surface area contributed by atoms with E-state index in [1.54, 1.807) is 0 Å². The number of likely N-dealkylation sites (tertiary alicyclic amines) is 1. The Kier molecular flexibility index (Phi) is 5.62. The number of piperidine rings is 1. The fraction of sp³-hybridized carbons (Fsp3) is 0.667. The monoisotopic (exact) mass is 316 g/mol. The Bertz CT molecular complexity index is 499. The van der Waals surface area contributed by atoms with Crippen LogP contribution in [-0.4, -0.2) is 41.0 Å². The zero-order chi connectivity index (χ0) is 16.1. The third kappa shape index (κ3) is 4.75. The molecule has 1 aliphatic carbocycles. The Hall–Kier alpha value is -1.46. The first-order valence-corrected chi connectivity index (χ1v) is 8.88. The fourth-order valence-corrected chi connectivity index (χ4v) is 3.77. The van der Waals surface area contributed by atoms with E-state index in [1.165, 1.54) is 5.56 Å². The second-order valence-electron chi connectivity index (χ2n) is 7.04. The van der Waals surface area contributed by atoms with Gasteiger partial charge in [-0.25, -0.2) is 0 Å². The van der Waals surface area contributed by atoms with Gasteiger partial charge in [-0.2, -0.15) is 0 Å². The van der Waals surface area contributed by atoms with E-state index in [0.29, 0.717) is 6.04 Å². The van der Waals surface area contributed by atoms with Gasteiger partial charge in [0.2, 0.25) is 5.91 Å². The third-order valence-corrected chi connectivity index (χ3v) is 5.18. The molecule has 0 aromatic carbocycles. The Morgan fingerprint density at radius 3 is 2.65 bits per heavy atom. The number of pyridine rings is 1. The Balaban J connectivity index is 1.41. The normalized spacial score (nSPS) is 26.8. The molecule has 1 amide bonds. The summed E-state index contributed by atoms with van der Waals surface area (Å²) in [6.07, 6.45) is 9.77. The van der Waals surface area contributed by atoms with Crippen molar-refractivity contribution in [3.63, 3.8) is 0 Å². The molecule has 2 aliphatic rings. The number of aromatic nitrogens is 1. The third-order valence-electron chi connectivity index (χ3n) is 5.18. The lowest BCUT2D eigenvalue weighted by molar-refractivity contribution is -0.127. The van der Waals surface area contributed by atoms with Gasteiger partial charge in [-0.15, -0.1) is 0 Å². The van der Waals surface area contributed by atoms with Gasteiger partial charge in [-0.1, -0.05) is 6.42 Å². The summed E-state index contributed by atoms with van der Waals surface area (Å²) >= 11 is 0. The number of nitrogens with two attached hydrogens (primary N) is 1. The standard InChI is InChI=1S/C18H28N4O/c19-16-3-1-2-15(12-16)18(23)21-17-6-10-22(11-7-17)13-14-4-8-20-9-5-14/h4-5,8-9,15-17H,1-3,6-7,10-13,19H2,(H,21,23). The molecule has 1 aromatic rings. The summed E-state index contributed by atoms with van der Waals surface area (Å²) in [7, 11) is 0. The van der Waals surface area contributed by atoms with Crippen LogP contribution in [-0.2, 0) is 11.3 Å². The minimum atomic E-state index is 0.133. The Morgan fingerprint density at radius 1 is 1.22 bits per heavy atom. The highest BCUT2D eigenvalue weighted by molar-refractivity contribution is 5.79. The molecule has 2 unspecified atom stereocenters. The zero-order valence-electron chi connectivity index (χ0n) is 13.8. The largest absolute Gasteiger partial charge is 0.353 e. The molecule has 2 fully saturated rings. The van der Waals surface area contributed by atoms with Crippen molar-refractivity contribution >= 4 is 5.91 Å². The van der Waals surface area contributed by atoms with E-state index in [-0.39, 0.29) is 17.9 Å². The van der Waals surface area contributed by atoms with Crippen molar-refractivity contribution in [2.45, 2.75) is 57.2 Å². The van der Waals surface area contributed by atoms with Crippen molar-refractivity contribution in [1.82, 2.24) is 15.2 Å². The van der Waals surface area contributed by atoms with Crippen LogP contribution in [0, 0.1) is 5.92 Å². The van der Waals surface area contributed by atoms with Gasteiger partial charge >= 0.3 is 0 Å². The van der Waals surface area contributed by atoms with Gasteiger partial charge in [0.05, 0.1) is 0 Å². The van der Waals surface area contributed by atoms with Gasteiger partial charge in [-0.3, -0.25) is 14.7 Å². The molecule has 0 spiro atoms. The molecule has 3 N–H and O–H groups in total. The van der Waals surface area contributed by atoms with E-state index in [1.807, 2.05) is 12.4 Å². The van der Waals surface area contributed by atoms with Crippen LogP contribution >= 0.6 is 0 Å². The number of hydrogen-bond acceptors (Lipinski definition) is 4. The summed E-state index contributed by atoms with van der Waals surface area (Å²) in [5, 5.41) is 3.26. The molecule has 1 saturated heterocycles. The highest BCUT2D eigenvalue weighted by Gasteiger charge is 2.28. The summed E-state index contributed by atoms with van der Waals surface area (Å²) in [5.41, 5.74) is 7.30. The molecular formula is C18H28N4O. The summed E-state index contributed by atoms with van der Waals surface area (Å²) in [4.78, 5) is 18.9. The van der Waals surface area contributed by atoms with E-state index >= 15 is 0 Å². The fourth-order valence-electron chi connectivity index (χ4n) is 3.77. The van der Waals surface area contributed by atoms with Gasteiger partial charge in [0.1, 0.15) is 0 Å². The SMILES string of the molecule is NC1CCCC(C(=O)NC2CCN(Cc3ccncc3)CC2)C1. The molecular weight excluding hydrogens is 288 g/mol. The molecule has 126 valence electrons. The minimum Gasteiger partial charge on any atom is -0.353 e. The first kappa shape index (κ1) is 16.4. The molecule has 1 aliphatic heterocycles. The van der Waals surface area contributed by atoms with Gasteiger partial charge < -0.3 is 11.1 Å². The molecule has 2 atom stereocenters. The van der Waals surface area contributed by atoms with E-state index in [9.17, 15) is 4.79 Å². The molecule has 1 saturated carbocycles. The Morgan fingerprint density at radius 2 is 1.96 bits per heavy atom. The van der Waals surface area contributed by atoms with Crippen molar-refractivity contribution in [3.05, 3.63) is 30.1 Å². The number of nitrogens with zero attached hydrogens (tertiary/aromatic N) is 2. The van der Waals surface area contributed by atoms with Crippen molar-refractivity contribution in [2.75, 3.05) is 13.1 Å². The minimum absolute atomic E-state index is 0.133. The van der Waals surface area contributed by atoms with Crippen LogP contribution in [0.3, 0.4) is 0 Å². The molecule has 2 heterocycles. The maximum absolute atomic E-state index is 12.4. The maximum atomic E-state index is 12.4. The lowest BCUT2D eigenvalue weighted by atomic mass is 9.85. The van der Waals surface area contributed by atoms with E-state index in [4.69, 9.17) is 5.73 Å². The molecule has 3 rings (SSSR count). The first-order valence-electron chi connectivity index (χ1n) is 8.88. The highest BCUT2D eigenvalue weighted by atomic mass is 16.1. The molecule has 23 heavy (non-hydrogen) atoms. The van der Waals surface area contributed by atoms with E-state index in [0.717, 1.165) is 58.2 Å². The topological polar surface area (TPSA) is 71.2 Å². The van der Waals surface area contributed by atoms with Crippen LogP contribution in [0.2, 0.25) is 0 Å². The van der Waals surface area contributed by atoms with Gasteiger partial charge in [0.25, 0.3) is 0 Å². The highest BCUT2D eigenvalue weighted by Crippen LogP contribution is 2.24. The predicted molar refractivity (Wildman–Crippen MR) is 90.6 cm³/mol. The number of carbonyl (C=O) groups is 1. The van der Waals surface area contributed by atoms with Crippen molar-refractivity contribution < 1.29 is 4.79 Å². The molecule has 1 aromatic heterocycles. The number of hydrogen-bond donors (Lipinski definition) is 2. The van der Waals surface area contributed by atoms with Crippen LogP contribution in [0.1, 0.15) is 44.1 Å². The van der Waals surface area contributed by atoms with Crippen LogP contribution < -0.4 is 11.1 Å². The van der Waals surface area contributed by atoms with Gasteiger partial charge in [0.15, 0.2) is 0 Å². The van der Waals surface area contributed by atoms with Crippen molar-refractivity contribution in [2.24, 2.45) is 11.7 Å². The zero-order valence-corrected chi connectivity index (χ0v) is 13.8. The smallest absolute Gasteiger partial charge is 0.223 e. The predicted octanol–water partition coefficient (Wildman–Crippen LogP) is 1.68. The summed E-state index contributed by atoms with van der Waals surface area (Å²) in [5.74, 6) is 0.362. The van der Waals surface area contributed by atoms with E-state index < -0.39 is 0 Å². The molecule has 0 radical (unpaired) electrons. The van der Waals surface area contributed by atoms with E-state index in [2.05, 4.69) is 27.3 Å². The second kappa shape index (κ2) is 7.88. The molecule has 5 nitrogen and oxygen atoms in total. The number of rotatable bonds is 4. The van der Waals surface area contributed by atoms with Crippen molar-refractivity contribution in [1.29, 1.82) is 0 Å². The first-order chi connectivity index (χ1) is 11.2. The van der Waals surface area contributed by atoms with Crippen LogP contribution in [0.5, 0.6) is 0 Å². The van der Waals surface area contributed by atoms with Crippen molar-refractivity contribution in [3.8, 4) is 0 Å². The maximum Gasteiger partial charge on any atom is 0.223 e. The molecule has 0 bridgehead atoms. The lowest BCUT2D eigenvalue weighted by Crippen LogP contribution is -2.47. The number of amides is 1. The van der Waals surface area contributed by atoms with Crippen LogP contribution in [0.25, 0.3) is 0 Å². The van der Waals surface area contributed by atoms with Crippen LogP contribution in [0.4, 0.5) is 0 Å². The second-order valence-corrected chi connectivity index (χ2v) is 7.04. The number of carbonyl (C=O) groups excluding carboxylic acids is 1. The summed E-state index contributed by atoms with van der Waals surface area (Å²) < 4.78 is 0.